The maximum Gasteiger partial charge on any atom is 0.124 e. The van der Waals surface area contributed by atoms with Gasteiger partial charge in [-0.25, -0.2) is 0 Å². The van der Waals surface area contributed by atoms with Gasteiger partial charge in [-0.2, -0.15) is 0 Å². The van der Waals surface area contributed by atoms with Crippen molar-refractivity contribution in [2.75, 3.05) is 5.32 Å². The van der Waals surface area contributed by atoms with Gasteiger partial charge >= 0.3 is 0 Å². The lowest BCUT2D eigenvalue weighted by molar-refractivity contribution is 0.240. The van der Waals surface area contributed by atoms with Crippen LogP contribution in [0.1, 0.15) is 25.0 Å². The van der Waals surface area contributed by atoms with Gasteiger partial charge in [0.2, 0.25) is 0 Å². The van der Waals surface area contributed by atoms with Gasteiger partial charge in [0.1, 0.15) is 5.75 Å². The highest BCUT2D eigenvalue weighted by Crippen LogP contribution is 2.26. The minimum absolute atomic E-state index is 0.124. The van der Waals surface area contributed by atoms with Crippen molar-refractivity contribution in [3.63, 3.8) is 0 Å². The molecule has 0 amide bonds. The summed E-state index contributed by atoms with van der Waals surface area (Å²) >= 11 is 12.2. The number of hydrogen-bond acceptors (Lipinski definition) is 2. The first kappa shape index (κ1) is 16.0. The zero-order valence-corrected chi connectivity index (χ0v) is 13.9. The Bertz CT molecular complexity index is 626. The molecule has 112 valence electrons. The van der Waals surface area contributed by atoms with Crippen LogP contribution >= 0.6 is 23.2 Å². The summed E-state index contributed by atoms with van der Waals surface area (Å²) in [6, 6.07) is 11.6. The Morgan fingerprint density at radius 1 is 1.10 bits per heavy atom. The van der Waals surface area contributed by atoms with Gasteiger partial charge in [0.15, 0.2) is 0 Å². The summed E-state index contributed by atoms with van der Waals surface area (Å²) in [5.41, 5.74) is 3.06. The summed E-state index contributed by atoms with van der Waals surface area (Å²) in [5, 5.41) is 4.80. The predicted molar refractivity (Wildman–Crippen MR) is 90.7 cm³/mol. The molecule has 0 bridgehead atoms. The maximum atomic E-state index is 6.14. The fourth-order valence-corrected chi connectivity index (χ4v) is 2.33. The van der Waals surface area contributed by atoms with Crippen molar-refractivity contribution in [2.24, 2.45) is 0 Å². The highest BCUT2D eigenvalue weighted by atomic mass is 35.5. The molecule has 0 saturated carbocycles. The molecule has 0 atom stereocenters. The summed E-state index contributed by atoms with van der Waals surface area (Å²) in [6.45, 7) is 6.62. The first-order valence-corrected chi connectivity index (χ1v) is 7.66. The van der Waals surface area contributed by atoms with Crippen molar-refractivity contribution in [1.29, 1.82) is 0 Å². The Kier molecular flexibility index (Phi) is 5.38. The number of nitrogens with one attached hydrogen (secondary N) is 1. The molecule has 0 spiro atoms. The lowest BCUT2D eigenvalue weighted by Crippen LogP contribution is -2.09. The fourth-order valence-electron chi connectivity index (χ4n) is 1.96. The highest BCUT2D eigenvalue weighted by molar-refractivity contribution is 6.31. The molecule has 0 aliphatic carbocycles. The van der Waals surface area contributed by atoms with E-state index >= 15 is 0 Å². The van der Waals surface area contributed by atoms with E-state index in [0.29, 0.717) is 11.6 Å². The normalized spacial score (nSPS) is 10.8. The third-order valence-electron chi connectivity index (χ3n) is 3.04. The van der Waals surface area contributed by atoms with Gasteiger partial charge in [0.25, 0.3) is 0 Å². The molecular weight excluding hydrogens is 305 g/mol. The fraction of sp³-hybridized carbons (Fsp3) is 0.294. The van der Waals surface area contributed by atoms with Crippen molar-refractivity contribution >= 4 is 28.9 Å². The molecule has 1 N–H and O–H groups in total. The molecule has 2 aromatic carbocycles. The number of halogens is 2. The molecule has 0 radical (unpaired) electrons. The van der Waals surface area contributed by atoms with Crippen LogP contribution in [0.4, 0.5) is 5.69 Å². The molecule has 2 nitrogen and oxygen atoms in total. The van der Waals surface area contributed by atoms with Crippen LogP contribution in [0.2, 0.25) is 10.0 Å². The van der Waals surface area contributed by atoms with E-state index < -0.39 is 0 Å². The van der Waals surface area contributed by atoms with Gasteiger partial charge < -0.3 is 10.1 Å². The van der Waals surface area contributed by atoms with E-state index in [2.05, 4.69) is 5.32 Å². The first-order valence-electron chi connectivity index (χ1n) is 6.91. The summed E-state index contributed by atoms with van der Waals surface area (Å²) in [7, 11) is 0. The van der Waals surface area contributed by atoms with Gasteiger partial charge in [0, 0.05) is 27.8 Å². The predicted octanol–water partition coefficient (Wildman–Crippen LogP) is 5.70. The van der Waals surface area contributed by atoms with E-state index in [-0.39, 0.29) is 6.10 Å². The van der Waals surface area contributed by atoms with Crippen LogP contribution in [0.25, 0.3) is 0 Å². The van der Waals surface area contributed by atoms with Gasteiger partial charge in [-0.05, 0) is 56.7 Å². The van der Waals surface area contributed by atoms with Crippen LogP contribution in [0.5, 0.6) is 5.75 Å². The number of aryl methyl sites for hydroxylation is 1. The lowest BCUT2D eigenvalue weighted by Gasteiger charge is -2.16. The minimum atomic E-state index is 0.124. The number of rotatable bonds is 5. The Hall–Kier alpha value is -1.38. The second-order valence-electron chi connectivity index (χ2n) is 5.24. The molecule has 0 aliphatic rings. The number of anilines is 1. The summed E-state index contributed by atoms with van der Waals surface area (Å²) in [5.74, 6) is 0.847. The molecule has 0 aromatic heterocycles. The van der Waals surface area contributed by atoms with E-state index in [4.69, 9.17) is 27.9 Å². The number of hydrogen-bond donors (Lipinski definition) is 1. The van der Waals surface area contributed by atoms with E-state index in [1.54, 1.807) is 0 Å². The smallest absolute Gasteiger partial charge is 0.124 e. The van der Waals surface area contributed by atoms with Crippen molar-refractivity contribution in [3.8, 4) is 5.75 Å². The zero-order chi connectivity index (χ0) is 15.4. The Morgan fingerprint density at radius 2 is 1.86 bits per heavy atom. The monoisotopic (exact) mass is 323 g/mol. The molecule has 0 aliphatic heterocycles. The van der Waals surface area contributed by atoms with Crippen LogP contribution in [-0.2, 0) is 6.54 Å². The Morgan fingerprint density at radius 3 is 2.52 bits per heavy atom. The first-order chi connectivity index (χ1) is 9.95. The Labute approximate surface area is 136 Å². The average Bonchev–Trinajstić information content (AvgIpc) is 2.42. The second kappa shape index (κ2) is 7.06. The van der Waals surface area contributed by atoms with Crippen LogP contribution < -0.4 is 10.1 Å². The van der Waals surface area contributed by atoms with Crippen molar-refractivity contribution in [3.05, 3.63) is 57.6 Å². The topological polar surface area (TPSA) is 21.3 Å². The van der Waals surface area contributed by atoms with E-state index in [9.17, 15) is 0 Å². The highest BCUT2D eigenvalue weighted by Gasteiger charge is 2.07. The zero-order valence-electron chi connectivity index (χ0n) is 12.4. The van der Waals surface area contributed by atoms with Gasteiger partial charge in [-0.15, -0.1) is 0 Å². The van der Waals surface area contributed by atoms with Gasteiger partial charge in [-0.3, -0.25) is 0 Å². The second-order valence-corrected chi connectivity index (χ2v) is 6.08. The van der Waals surface area contributed by atoms with Crippen molar-refractivity contribution in [1.82, 2.24) is 0 Å². The standard InChI is InChI=1S/C17H19Cl2NO/c1-11(2)21-17-7-5-14(18)8-13(17)10-20-15-6-4-12(3)16(19)9-15/h4-9,11,20H,10H2,1-3H3. The quantitative estimate of drug-likeness (QED) is 0.761. The molecule has 4 heteroatoms. The maximum absolute atomic E-state index is 6.14. The molecule has 2 rings (SSSR count). The van der Waals surface area contributed by atoms with E-state index in [1.165, 1.54) is 0 Å². The largest absolute Gasteiger partial charge is 0.491 e. The lowest BCUT2D eigenvalue weighted by atomic mass is 10.1. The van der Waals surface area contributed by atoms with Crippen LogP contribution in [0, 0.1) is 6.92 Å². The SMILES string of the molecule is Cc1ccc(NCc2cc(Cl)ccc2OC(C)C)cc1Cl. The van der Waals surface area contributed by atoms with Crippen molar-refractivity contribution in [2.45, 2.75) is 33.4 Å². The third kappa shape index (κ3) is 4.55. The molecule has 21 heavy (non-hydrogen) atoms. The summed E-state index contributed by atoms with van der Waals surface area (Å²) < 4.78 is 5.81. The van der Waals surface area contributed by atoms with Crippen molar-refractivity contribution < 1.29 is 4.74 Å². The van der Waals surface area contributed by atoms with E-state index in [0.717, 1.165) is 27.6 Å². The molecule has 0 heterocycles. The van der Waals surface area contributed by atoms with Crippen LogP contribution in [0.3, 0.4) is 0 Å². The van der Waals surface area contributed by atoms with E-state index in [1.807, 2.05) is 57.2 Å². The number of benzene rings is 2. The minimum Gasteiger partial charge on any atom is -0.491 e. The summed E-state index contributed by atoms with van der Waals surface area (Å²) in [6.07, 6.45) is 0.124. The Balaban J connectivity index is 2.14. The van der Waals surface area contributed by atoms with Gasteiger partial charge in [0.05, 0.1) is 6.10 Å². The molecule has 0 fully saturated rings. The molecule has 2 aromatic rings. The average molecular weight is 324 g/mol. The third-order valence-corrected chi connectivity index (χ3v) is 3.68. The number of ether oxygens (including phenoxy) is 1. The molecule has 0 unspecified atom stereocenters. The van der Waals surface area contributed by atoms with Gasteiger partial charge in [-0.1, -0.05) is 29.3 Å². The molecular formula is C17H19Cl2NO. The summed E-state index contributed by atoms with van der Waals surface area (Å²) in [4.78, 5) is 0. The van der Waals surface area contributed by atoms with Crippen LogP contribution in [0.15, 0.2) is 36.4 Å². The van der Waals surface area contributed by atoms with Crippen LogP contribution in [-0.4, -0.2) is 6.10 Å². The molecule has 0 saturated heterocycles.